The van der Waals surface area contributed by atoms with Gasteiger partial charge in [-0.25, -0.2) is 4.98 Å². The van der Waals surface area contributed by atoms with Crippen LogP contribution < -0.4 is 0 Å². The normalized spacial score (nSPS) is 14.0. The highest BCUT2D eigenvalue weighted by Gasteiger charge is 2.14. The molecule has 0 fully saturated rings. The van der Waals surface area contributed by atoms with Crippen LogP contribution in [-0.4, -0.2) is 4.98 Å². The maximum absolute atomic E-state index is 8.73. The molecule has 0 radical (unpaired) electrons. The number of rotatable bonds is 0. The van der Waals surface area contributed by atoms with Gasteiger partial charge in [0.15, 0.2) is 0 Å². The third-order valence-electron chi connectivity index (χ3n) is 2.12. The van der Waals surface area contributed by atoms with Crippen LogP contribution in [0.4, 0.5) is 0 Å². The van der Waals surface area contributed by atoms with Crippen molar-refractivity contribution in [3.8, 4) is 6.07 Å². The summed E-state index contributed by atoms with van der Waals surface area (Å²) in [5, 5.41) is 8.73. The van der Waals surface area contributed by atoms with E-state index >= 15 is 0 Å². The Balaban J connectivity index is 2.59. The number of halogens is 1. The fraction of sp³-hybridized carbons (Fsp3) is 0.333. The fourth-order valence-corrected chi connectivity index (χ4v) is 1.94. The van der Waals surface area contributed by atoms with Crippen LogP contribution in [0.15, 0.2) is 10.7 Å². The van der Waals surface area contributed by atoms with E-state index in [4.69, 9.17) is 5.26 Å². The number of fused-ring (bicyclic) bond motifs is 1. The minimum Gasteiger partial charge on any atom is -0.244 e. The van der Waals surface area contributed by atoms with Crippen molar-refractivity contribution in [1.82, 2.24) is 4.98 Å². The first-order chi connectivity index (χ1) is 5.81. The van der Waals surface area contributed by atoms with Crippen LogP contribution in [-0.2, 0) is 12.8 Å². The summed E-state index contributed by atoms with van der Waals surface area (Å²) in [6, 6.07) is 4.06. The predicted molar refractivity (Wildman–Crippen MR) is 48.7 cm³/mol. The van der Waals surface area contributed by atoms with E-state index in [1.165, 1.54) is 12.0 Å². The average molecular weight is 223 g/mol. The lowest BCUT2D eigenvalue weighted by atomic mass is 10.2. The SMILES string of the molecule is N#Cc1cc2c(nc1Br)CCC2. The zero-order chi connectivity index (χ0) is 8.55. The molecule has 0 amide bonds. The van der Waals surface area contributed by atoms with Crippen LogP contribution in [0.25, 0.3) is 0 Å². The Bertz CT molecular complexity index is 365. The smallest absolute Gasteiger partial charge is 0.124 e. The molecule has 1 heterocycles. The van der Waals surface area contributed by atoms with Crippen LogP contribution in [0.3, 0.4) is 0 Å². The molecule has 0 N–H and O–H groups in total. The van der Waals surface area contributed by atoms with Gasteiger partial charge in [-0.05, 0) is 46.8 Å². The third-order valence-corrected chi connectivity index (χ3v) is 2.73. The summed E-state index contributed by atoms with van der Waals surface area (Å²) in [6.45, 7) is 0. The number of hydrogen-bond acceptors (Lipinski definition) is 2. The van der Waals surface area contributed by atoms with Gasteiger partial charge in [-0.2, -0.15) is 5.26 Å². The maximum Gasteiger partial charge on any atom is 0.124 e. The summed E-state index contributed by atoms with van der Waals surface area (Å²) >= 11 is 3.28. The molecule has 0 unspecified atom stereocenters. The number of aromatic nitrogens is 1. The van der Waals surface area contributed by atoms with E-state index < -0.39 is 0 Å². The van der Waals surface area contributed by atoms with Crippen molar-refractivity contribution in [3.05, 3.63) is 27.5 Å². The van der Waals surface area contributed by atoms with Crippen LogP contribution in [0.2, 0.25) is 0 Å². The molecular formula is C9H7BrN2. The monoisotopic (exact) mass is 222 g/mol. The van der Waals surface area contributed by atoms with E-state index in [0.29, 0.717) is 10.2 Å². The molecule has 12 heavy (non-hydrogen) atoms. The van der Waals surface area contributed by atoms with Crippen LogP contribution in [0.5, 0.6) is 0 Å². The topological polar surface area (TPSA) is 36.7 Å². The Kier molecular flexibility index (Phi) is 1.86. The van der Waals surface area contributed by atoms with E-state index in [-0.39, 0.29) is 0 Å². The predicted octanol–water partition coefficient (Wildman–Crippen LogP) is 2.20. The second kappa shape index (κ2) is 2.87. The van der Waals surface area contributed by atoms with Gasteiger partial charge >= 0.3 is 0 Å². The molecule has 1 aliphatic rings. The Morgan fingerprint density at radius 1 is 1.50 bits per heavy atom. The van der Waals surface area contributed by atoms with Crippen LogP contribution >= 0.6 is 15.9 Å². The summed E-state index contributed by atoms with van der Waals surface area (Å²) in [6.07, 6.45) is 3.30. The van der Waals surface area contributed by atoms with Gasteiger partial charge in [0.25, 0.3) is 0 Å². The van der Waals surface area contributed by atoms with Crippen molar-refractivity contribution < 1.29 is 0 Å². The molecular weight excluding hydrogens is 216 g/mol. The molecule has 0 aliphatic heterocycles. The molecule has 0 aromatic carbocycles. The molecule has 0 bridgehead atoms. The summed E-state index contributed by atoms with van der Waals surface area (Å²) in [5.74, 6) is 0. The number of pyridine rings is 1. The molecule has 1 aromatic rings. The molecule has 0 atom stereocenters. The minimum absolute atomic E-state index is 0.649. The van der Waals surface area contributed by atoms with Gasteiger partial charge < -0.3 is 0 Å². The van der Waals surface area contributed by atoms with Crippen LogP contribution in [0.1, 0.15) is 23.2 Å². The van der Waals surface area contributed by atoms with Gasteiger partial charge in [-0.3, -0.25) is 0 Å². The van der Waals surface area contributed by atoms with E-state index in [9.17, 15) is 0 Å². The van der Waals surface area contributed by atoms with Crippen molar-refractivity contribution in [2.75, 3.05) is 0 Å². The quantitative estimate of drug-likeness (QED) is 0.632. The molecule has 1 aliphatic carbocycles. The second-order valence-electron chi connectivity index (χ2n) is 2.90. The van der Waals surface area contributed by atoms with Gasteiger partial charge in [-0.15, -0.1) is 0 Å². The zero-order valence-corrected chi connectivity index (χ0v) is 8.06. The molecule has 2 rings (SSSR count). The molecule has 3 heteroatoms. The first-order valence-electron chi connectivity index (χ1n) is 3.89. The molecule has 0 spiro atoms. The number of nitrogens with zero attached hydrogens (tertiary/aromatic N) is 2. The lowest BCUT2D eigenvalue weighted by Gasteiger charge is -1.99. The van der Waals surface area contributed by atoms with Gasteiger partial charge in [0.05, 0.1) is 5.56 Å². The van der Waals surface area contributed by atoms with E-state index in [2.05, 4.69) is 27.0 Å². The first-order valence-corrected chi connectivity index (χ1v) is 4.69. The van der Waals surface area contributed by atoms with Crippen molar-refractivity contribution in [1.29, 1.82) is 5.26 Å². The van der Waals surface area contributed by atoms with Crippen LogP contribution in [0, 0.1) is 11.3 Å². The zero-order valence-electron chi connectivity index (χ0n) is 6.47. The fourth-order valence-electron chi connectivity index (χ4n) is 1.53. The van der Waals surface area contributed by atoms with Crippen molar-refractivity contribution in [2.45, 2.75) is 19.3 Å². The number of aryl methyl sites for hydroxylation is 2. The van der Waals surface area contributed by atoms with Gasteiger partial charge in [0, 0.05) is 5.69 Å². The average Bonchev–Trinajstić information content (AvgIpc) is 2.49. The number of nitriles is 1. The Morgan fingerprint density at radius 3 is 3.08 bits per heavy atom. The second-order valence-corrected chi connectivity index (χ2v) is 3.65. The third kappa shape index (κ3) is 1.12. The largest absolute Gasteiger partial charge is 0.244 e. The van der Waals surface area contributed by atoms with E-state index in [1.807, 2.05) is 6.07 Å². The molecule has 2 nitrogen and oxygen atoms in total. The highest BCUT2D eigenvalue weighted by Crippen LogP contribution is 2.24. The maximum atomic E-state index is 8.73. The lowest BCUT2D eigenvalue weighted by Crippen LogP contribution is -1.91. The van der Waals surface area contributed by atoms with Crippen molar-refractivity contribution in [3.63, 3.8) is 0 Å². The van der Waals surface area contributed by atoms with Crippen molar-refractivity contribution >= 4 is 15.9 Å². The summed E-state index contributed by atoms with van der Waals surface area (Å²) in [7, 11) is 0. The standard InChI is InChI=1S/C9H7BrN2/c10-9-7(5-11)4-6-2-1-3-8(6)12-9/h4H,1-3H2. The van der Waals surface area contributed by atoms with Crippen molar-refractivity contribution in [2.24, 2.45) is 0 Å². The molecule has 60 valence electrons. The molecule has 1 aromatic heterocycles. The summed E-state index contributed by atoms with van der Waals surface area (Å²) in [5.41, 5.74) is 3.05. The summed E-state index contributed by atoms with van der Waals surface area (Å²) < 4.78 is 0.686. The Morgan fingerprint density at radius 2 is 2.33 bits per heavy atom. The highest BCUT2D eigenvalue weighted by atomic mass is 79.9. The highest BCUT2D eigenvalue weighted by molar-refractivity contribution is 9.10. The van der Waals surface area contributed by atoms with Gasteiger partial charge in [0.1, 0.15) is 10.7 Å². The number of hydrogen-bond donors (Lipinski definition) is 0. The molecule has 0 saturated carbocycles. The minimum atomic E-state index is 0.649. The molecule has 0 saturated heterocycles. The summed E-state index contributed by atoms with van der Waals surface area (Å²) in [4.78, 5) is 4.32. The van der Waals surface area contributed by atoms with E-state index in [1.54, 1.807) is 0 Å². The van der Waals surface area contributed by atoms with E-state index in [0.717, 1.165) is 18.5 Å². The van der Waals surface area contributed by atoms with Gasteiger partial charge in [0.2, 0.25) is 0 Å². The lowest BCUT2D eigenvalue weighted by molar-refractivity contribution is 0.898. The Labute approximate surface area is 79.4 Å². The van der Waals surface area contributed by atoms with Gasteiger partial charge in [-0.1, -0.05) is 0 Å². The Hall–Kier alpha value is -0.880. The first kappa shape index (κ1) is 7.75.